The van der Waals surface area contributed by atoms with Crippen LogP contribution >= 0.6 is 0 Å². The van der Waals surface area contributed by atoms with Crippen LogP contribution in [0.15, 0.2) is 42.6 Å². The lowest BCUT2D eigenvalue weighted by Gasteiger charge is -2.39. The van der Waals surface area contributed by atoms with Crippen LogP contribution in [0.4, 0.5) is 0 Å². The van der Waals surface area contributed by atoms with Crippen LogP contribution in [0.2, 0.25) is 0 Å². The van der Waals surface area contributed by atoms with Crippen molar-refractivity contribution in [3.63, 3.8) is 0 Å². The first-order valence-electron chi connectivity index (χ1n) is 8.45. The van der Waals surface area contributed by atoms with E-state index in [1.807, 2.05) is 55.1 Å². The lowest BCUT2D eigenvalue weighted by molar-refractivity contribution is 0.0357. The number of aliphatic hydroxyl groups excluding tert-OH is 1. The number of nitrogens with zero attached hydrogens (tertiary/aromatic N) is 2. The number of likely N-dealkylation sites (tertiary alicyclic amines) is 1. The molecule has 24 heavy (non-hydrogen) atoms. The number of carbonyl (C=O) groups is 1. The molecule has 2 heterocycles. The maximum absolute atomic E-state index is 13.0. The van der Waals surface area contributed by atoms with Crippen molar-refractivity contribution in [2.24, 2.45) is 5.41 Å². The molecule has 126 valence electrons. The van der Waals surface area contributed by atoms with Gasteiger partial charge in [0.1, 0.15) is 0 Å². The van der Waals surface area contributed by atoms with Crippen LogP contribution in [-0.4, -0.2) is 40.6 Å². The van der Waals surface area contributed by atoms with Gasteiger partial charge in [0, 0.05) is 35.8 Å². The molecule has 1 N–H and O–H groups in total. The molecular weight excluding hydrogens is 300 g/mol. The van der Waals surface area contributed by atoms with Crippen LogP contribution in [-0.2, 0) is 0 Å². The van der Waals surface area contributed by atoms with E-state index in [9.17, 15) is 9.90 Å². The Morgan fingerprint density at radius 3 is 2.83 bits per heavy atom. The second kappa shape index (κ2) is 6.73. The Balaban J connectivity index is 1.91. The van der Waals surface area contributed by atoms with Gasteiger partial charge in [-0.25, -0.2) is 0 Å². The van der Waals surface area contributed by atoms with Gasteiger partial charge in [-0.3, -0.25) is 9.78 Å². The minimum absolute atomic E-state index is 0.0460. The molecule has 2 aromatic rings. The van der Waals surface area contributed by atoms with Crippen molar-refractivity contribution in [2.45, 2.75) is 26.7 Å². The Morgan fingerprint density at radius 1 is 1.29 bits per heavy atom. The number of carbonyl (C=O) groups excluding carboxylic acids is 1. The number of rotatable bonds is 3. The quantitative estimate of drug-likeness (QED) is 0.942. The average molecular weight is 324 g/mol. The van der Waals surface area contributed by atoms with Gasteiger partial charge in [0.15, 0.2) is 0 Å². The number of hydrogen-bond acceptors (Lipinski definition) is 3. The summed E-state index contributed by atoms with van der Waals surface area (Å²) in [5.74, 6) is 0.0460. The summed E-state index contributed by atoms with van der Waals surface area (Å²) in [6.45, 7) is 5.50. The highest BCUT2D eigenvalue weighted by Gasteiger charge is 2.33. The van der Waals surface area contributed by atoms with E-state index in [2.05, 4.69) is 4.98 Å². The first-order valence-corrected chi connectivity index (χ1v) is 8.45. The van der Waals surface area contributed by atoms with Crippen LogP contribution in [0.3, 0.4) is 0 Å². The molecule has 1 aliphatic heterocycles. The van der Waals surface area contributed by atoms with E-state index in [1.165, 1.54) is 0 Å². The Bertz CT molecular complexity index is 730. The molecule has 4 heteroatoms. The van der Waals surface area contributed by atoms with E-state index < -0.39 is 0 Å². The van der Waals surface area contributed by atoms with E-state index in [0.717, 1.165) is 41.8 Å². The molecule has 1 aromatic carbocycles. The van der Waals surface area contributed by atoms with Gasteiger partial charge in [-0.05, 0) is 43.5 Å². The zero-order valence-corrected chi connectivity index (χ0v) is 14.3. The fraction of sp³-hybridized carbons (Fsp3) is 0.400. The lowest BCUT2D eigenvalue weighted by Crippen LogP contribution is -2.46. The van der Waals surface area contributed by atoms with Crippen molar-refractivity contribution in [3.8, 4) is 11.3 Å². The highest BCUT2D eigenvalue weighted by Crippen LogP contribution is 2.31. The molecule has 0 aliphatic carbocycles. The highest BCUT2D eigenvalue weighted by atomic mass is 16.3. The molecule has 3 rings (SSSR count). The monoisotopic (exact) mass is 324 g/mol. The van der Waals surface area contributed by atoms with Crippen molar-refractivity contribution < 1.29 is 9.90 Å². The first kappa shape index (κ1) is 16.7. The van der Waals surface area contributed by atoms with E-state index in [0.29, 0.717) is 6.54 Å². The van der Waals surface area contributed by atoms with Crippen molar-refractivity contribution in [3.05, 3.63) is 53.7 Å². The Kier molecular flexibility index (Phi) is 4.67. The molecule has 1 atom stereocenters. The van der Waals surface area contributed by atoms with Gasteiger partial charge >= 0.3 is 0 Å². The Labute approximate surface area is 143 Å². The number of pyridine rings is 1. The molecule has 4 nitrogen and oxygen atoms in total. The Morgan fingerprint density at radius 2 is 2.12 bits per heavy atom. The normalized spacial score (nSPS) is 20.9. The van der Waals surface area contributed by atoms with Crippen LogP contribution in [0.5, 0.6) is 0 Å². The van der Waals surface area contributed by atoms with E-state index in [4.69, 9.17) is 0 Å². The Hall–Kier alpha value is -2.20. The van der Waals surface area contributed by atoms with Gasteiger partial charge in [-0.1, -0.05) is 25.1 Å². The molecule has 1 unspecified atom stereocenters. The minimum Gasteiger partial charge on any atom is -0.396 e. The summed E-state index contributed by atoms with van der Waals surface area (Å²) in [6, 6.07) is 11.6. The minimum atomic E-state index is -0.194. The van der Waals surface area contributed by atoms with Gasteiger partial charge in [-0.15, -0.1) is 0 Å². The smallest absolute Gasteiger partial charge is 0.254 e. The number of piperidine rings is 1. The summed E-state index contributed by atoms with van der Waals surface area (Å²) in [5.41, 5.74) is 3.35. The number of hydrogen-bond donors (Lipinski definition) is 1. The number of aliphatic hydroxyl groups is 1. The molecule has 1 saturated heterocycles. The zero-order valence-electron chi connectivity index (χ0n) is 14.3. The van der Waals surface area contributed by atoms with Crippen molar-refractivity contribution in [1.82, 2.24) is 9.88 Å². The molecular formula is C20H24N2O2. The third-order valence-electron chi connectivity index (χ3n) is 4.95. The van der Waals surface area contributed by atoms with Gasteiger partial charge in [-0.2, -0.15) is 0 Å². The van der Waals surface area contributed by atoms with Crippen LogP contribution in [0.1, 0.15) is 35.7 Å². The van der Waals surface area contributed by atoms with E-state index in [-0.39, 0.29) is 17.9 Å². The van der Waals surface area contributed by atoms with Gasteiger partial charge in [0.2, 0.25) is 0 Å². The fourth-order valence-electron chi connectivity index (χ4n) is 3.46. The molecule has 0 bridgehead atoms. The van der Waals surface area contributed by atoms with Crippen molar-refractivity contribution in [1.29, 1.82) is 0 Å². The number of benzene rings is 1. The molecule has 1 fully saturated rings. The largest absolute Gasteiger partial charge is 0.396 e. The number of amides is 1. The summed E-state index contributed by atoms with van der Waals surface area (Å²) in [5, 5.41) is 9.62. The zero-order chi connectivity index (χ0) is 17.2. The fourth-order valence-corrected chi connectivity index (χ4v) is 3.46. The van der Waals surface area contributed by atoms with Crippen LogP contribution < -0.4 is 0 Å². The second-order valence-corrected chi connectivity index (χ2v) is 6.99. The summed E-state index contributed by atoms with van der Waals surface area (Å²) in [7, 11) is 0. The predicted octanol–water partition coefficient (Wildman–Crippen LogP) is 3.29. The van der Waals surface area contributed by atoms with Crippen molar-refractivity contribution in [2.75, 3.05) is 19.7 Å². The summed E-state index contributed by atoms with van der Waals surface area (Å²) in [6.07, 6.45) is 3.66. The van der Waals surface area contributed by atoms with Gasteiger partial charge in [0.25, 0.3) is 5.91 Å². The SMILES string of the molecule is Cc1c(C(=O)N2CCCC(C)(CO)C2)cccc1-c1ccccn1. The van der Waals surface area contributed by atoms with Crippen LogP contribution in [0.25, 0.3) is 11.3 Å². The van der Waals surface area contributed by atoms with Crippen molar-refractivity contribution >= 4 is 5.91 Å². The highest BCUT2D eigenvalue weighted by molar-refractivity contribution is 5.97. The summed E-state index contributed by atoms with van der Waals surface area (Å²) >= 11 is 0. The first-order chi connectivity index (χ1) is 11.5. The molecule has 1 amide bonds. The van der Waals surface area contributed by atoms with E-state index in [1.54, 1.807) is 6.20 Å². The summed E-state index contributed by atoms with van der Waals surface area (Å²) < 4.78 is 0. The molecule has 1 aromatic heterocycles. The summed E-state index contributed by atoms with van der Waals surface area (Å²) in [4.78, 5) is 19.3. The predicted molar refractivity (Wildman–Crippen MR) is 94.7 cm³/mol. The maximum atomic E-state index is 13.0. The number of aromatic nitrogens is 1. The topological polar surface area (TPSA) is 53.4 Å². The lowest BCUT2D eigenvalue weighted by atomic mass is 9.82. The van der Waals surface area contributed by atoms with Gasteiger partial charge in [0.05, 0.1) is 12.3 Å². The molecule has 0 radical (unpaired) electrons. The molecule has 1 aliphatic rings. The van der Waals surface area contributed by atoms with Crippen LogP contribution in [0, 0.1) is 12.3 Å². The maximum Gasteiger partial charge on any atom is 0.254 e. The standard InChI is InChI=1S/C20H24N2O2/c1-15-16(18-9-3-4-11-21-18)7-5-8-17(15)19(24)22-12-6-10-20(2,13-22)14-23/h3-5,7-9,11,23H,6,10,12-14H2,1-2H3. The molecule has 0 saturated carbocycles. The van der Waals surface area contributed by atoms with Gasteiger partial charge < -0.3 is 10.0 Å². The molecule has 0 spiro atoms. The average Bonchev–Trinajstić information content (AvgIpc) is 2.62. The third-order valence-corrected chi connectivity index (χ3v) is 4.95. The second-order valence-electron chi connectivity index (χ2n) is 6.99. The third kappa shape index (κ3) is 3.20. The van der Waals surface area contributed by atoms with E-state index >= 15 is 0 Å².